The second kappa shape index (κ2) is 4.01. The molecule has 0 atom stereocenters. The average Bonchev–Trinajstić information content (AvgIpc) is 2.16. The topological polar surface area (TPSA) is 73.1 Å². The Hall–Kier alpha value is -2.02. The molecule has 0 aliphatic rings. The molecule has 4 nitrogen and oxygen atoms in total. The Morgan fingerprint density at radius 1 is 1.40 bits per heavy atom. The highest BCUT2D eigenvalue weighted by molar-refractivity contribution is 5.66. The number of amides is 1. The highest BCUT2D eigenvalue weighted by Crippen LogP contribution is 2.20. The van der Waals surface area contributed by atoms with Crippen molar-refractivity contribution in [3.8, 4) is 6.07 Å². The summed E-state index contributed by atoms with van der Waals surface area (Å²) in [4.78, 5) is 10.5. The molecule has 0 bridgehead atoms. The van der Waals surface area contributed by atoms with Gasteiger partial charge in [0.15, 0.2) is 0 Å². The molecule has 4 heteroatoms. The van der Waals surface area contributed by atoms with E-state index in [1.807, 2.05) is 6.07 Å². The predicted molar refractivity (Wildman–Crippen MR) is 55.3 cm³/mol. The van der Waals surface area contributed by atoms with Crippen molar-refractivity contribution in [1.29, 1.82) is 5.26 Å². The highest BCUT2D eigenvalue weighted by Gasteiger charge is 2.22. The van der Waals surface area contributed by atoms with E-state index in [0.29, 0.717) is 5.56 Å². The lowest BCUT2D eigenvalue weighted by Crippen LogP contribution is -2.39. The maximum atomic E-state index is 10.5. The maximum absolute atomic E-state index is 10.5. The van der Waals surface area contributed by atoms with Crippen LogP contribution in [0.2, 0.25) is 0 Å². The molecule has 1 aromatic rings. The molecule has 0 saturated heterocycles. The van der Waals surface area contributed by atoms with E-state index in [-0.39, 0.29) is 0 Å². The number of carbonyl (C=O) groups is 1. The summed E-state index contributed by atoms with van der Waals surface area (Å²) in [6, 6.07) is 8.83. The lowest BCUT2D eigenvalue weighted by atomic mass is 9.94. The minimum absolute atomic E-state index is 0.560. The number of carboxylic acid groups (broad SMARTS) is 1. The summed E-state index contributed by atoms with van der Waals surface area (Å²) in [7, 11) is 0. The van der Waals surface area contributed by atoms with Crippen molar-refractivity contribution in [2.75, 3.05) is 0 Å². The molecule has 0 radical (unpaired) electrons. The lowest BCUT2D eigenvalue weighted by molar-refractivity contribution is 0.182. The van der Waals surface area contributed by atoms with Crippen molar-refractivity contribution < 1.29 is 9.90 Å². The number of nitrogens with one attached hydrogen (secondary N) is 1. The Kier molecular flexibility index (Phi) is 2.96. The van der Waals surface area contributed by atoms with Gasteiger partial charge in [0.2, 0.25) is 0 Å². The molecule has 0 aliphatic carbocycles. The summed E-state index contributed by atoms with van der Waals surface area (Å²) in [6.07, 6.45) is -1.07. The van der Waals surface area contributed by atoms with Gasteiger partial charge in [-0.05, 0) is 31.5 Å². The number of nitrogens with zero attached hydrogens (tertiary/aromatic N) is 1. The quantitative estimate of drug-likeness (QED) is 0.774. The zero-order valence-electron chi connectivity index (χ0n) is 8.61. The van der Waals surface area contributed by atoms with Crippen LogP contribution in [0.25, 0.3) is 0 Å². The fourth-order valence-corrected chi connectivity index (χ4v) is 1.30. The Bertz CT molecular complexity index is 402. The van der Waals surface area contributed by atoms with E-state index >= 15 is 0 Å². The lowest BCUT2D eigenvalue weighted by Gasteiger charge is -2.25. The smallest absolute Gasteiger partial charge is 0.405 e. The van der Waals surface area contributed by atoms with E-state index < -0.39 is 11.6 Å². The Labute approximate surface area is 88.2 Å². The first-order valence-corrected chi connectivity index (χ1v) is 4.47. The first-order chi connectivity index (χ1) is 6.95. The summed E-state index contributed by atoms with van der Waals surface area (Å²) in [5, 5.41) is 19.7. The van der Waals surface area contributed by atoms with Crippen LogP contribution in [0.4, 0.5) is 4.79 Å². The highest BCUT2D eigenvalue weighted by atomic mass is 16.4. The molecule has 1 rings (SSSR count). The molecule has 0 unspecified atom stereocenters. The zero-order valence-corrected chi connectivity index (χ0v) is 8.61. The second-order valence-electron chi connectivity index (χ2n) is 3.74. The van der Waals surface area contributed by atoms with E-state index in [1.165, 1.54) is 0 Å². The molecule has 0 saturated carbocycles. The average molecular weight is 204 g/mol. The van der Waals surface area contributed by atoms with Crippen molar-refractivity contribution in [2.45, 2.75) is 19.4 Å². The van der Waals surface area contributed by atoms with Crippen LogP contribution >= 0.6 is 0 Å². The summed E-state index contributed by atoms with van der Waals surface area (Å²) >= 11 is 0. The van der Waals surface area contributed by atoms with Crippen molar-refractivity contribution in [3.63, 3.8) is 0 Å². The fraction of sp³-hybridized carbons (Fsp3) is 0.273. The SMILES string of the molecule is CC(C)(NC(=O)O)c1ccc(C#N)cc1. The minimum Gasteiger partial charge on any atom is -0.465 e. The second-order valence-corrected chi connectivity index (χ2v) is 3.74. The van der Waals surface area contributed by atoms with Gasteiger partial charge in [-0.25, -0.2) is 4.79 Å². The normalized spacial score (nSPS) is 10.5. The number of hydrogen-bond acceptors (Lipinski definition) is 2. The molecular formula is C11H12N2O2. The fourth-order valence-electron chi connectivity index (χ4n) is 1.30. The molecule has 0 fully saturated rings. The van der Waals surface area contributed by atoms with Crippen molar-refractivity contribution in [2.24, 2.45) is 0 Å². The molecule has 2 N–H and O–H groups in total. The van der Waals surface area contributed by atoms with Crippen molar-refractivity contribution in [3.05, 3.63) is 35.4 Å². The molecule has 78 valence electrons. The summed E-state index contributed by atoms with van der Waals surface area (Å²) in [6.45, 7) is 3.53. The summed E-state index contributed by atoms with van der Waals surface area (Å²) in [5.74, 6) is 0. The van der Waals surface area contributed by atoms with Crippen LogP contribution in [0.15, 0.2) is 24.3 Å². The minimum atomic E-state index is -1.07. The van der Waals surface area contributed by atoms with Crippen LogP contribution in [-0.4, -0.2) is 11.2 Å². The van der Waals surface area contributed by atoms with Gasteiger partial charge in [-0.15, -0.1) is 0 Å². The Morgan fingerprint density at radius 2 is 1.93 bits per heavy atom. The Morgan fingerprint density at radius 3 is 2.33 bits per heavy atom. The molecule has 1 amide bonds. The van der Waals surface area contributed by atoms with Crippen LogP contribution in [0, 0.1) is 11.3 Å². The van der Waals surface area contributed by atoms with Gasteiger partial charge < -0.3 is 10.4 Å². The predicted octanol–water partition coefficient (Wildman–Crippen LogP) is 2.06. The van der Waals surface area contributed by atoms with E-state index in [4.69, 9.17) is 10.4 Å². The molecule has 1 aromatic carbocycles. The summed E-state index contributed by atoms with van der Waals surface area (Å²) in [5.41, 5.74) is 0.730. The van der Waals surface area contributed by atoms with E-state index in [0.717, 1.165) is 5.56 Å². The van der Waals surface area contributed by atoms with Gasteiger partial charge in [0, 0.05) is 0 Å². The van der Waals surface area contributed by atoms with Crippen LogP contribution < -0.4 is 5.32 Å². The zero-order chi connectivity index (χ0) is 11.5. The van der Waals surface area contributed by atoms with Gasteiger partial charge in [-0.1, -0.05) is 12.1 Å². The summed E-state index contributed by atoms with van der Waals surface area (Å²) < 4.78 is 0. The monoisotopic (exact) mass is 204 g/mol. The van der Waals surface area contributed by atoms with Crippen LogP contribution in [0.1, 0.15) is 25.0 Å². The maximum Gasteiger partial charge on any atom is 0.405 e. The molecule has 0 spiro atoms. The third-order valence-electron chi connectivity index (χ3n) is 2.16. The van der Waals surface area contributed by atoms with Crippen LogP contribution in [0.3, 0.4) is 0 Å². The van der Waals surface area contributed by atoms with Gasteiger partial charge >= 0.3 is 6.09 Å². The number of nitriles is 1. The third-order valence-corrected chi connectivity index (χ3v) is 2.16. The van der Waals surface area contributed by atoms with Gasteiger partial charge in [0.05, 0.1) is 17.2 Å². The number of hydrogen-bond donors (Lipinski definition) is 2. The molecule has 0 aromatic heterocycles. The van der Waals surface area contributed by atoms with Crippen molar-refractivity contribution >= 4 is 6.09 Å². The van der Waals surface area contributed by atoms with Gasteiger partial charge in [-0.3, -0.25) is 0 Å². The van der Waals surface area contributed by atoms with Gasteiger partial charge in [-0.2, -0.15) is 5.26 Å². The third kappa shape index (κ3) is 2.71. The van der Waals surface area contributed by atoms with Crippen LogP contribution in [0.5, 0.6) is 0 Å². The van der Waals surface area contributed by atoms with Gasteiger partial charge in [0.1, 0.15) is 0 Å². The largest absolute Gasteiger partial charge is 0.465 e. The van der Waals surface area contributed by atoms with E-state index in [2.05, 4.69) is 5.32 Å². The van der Waals surface area contributed by atoms with E-state index in [1.54, 1.807) is 38.1 Å². The standard InChI is InChI=1S/C11H12N2O2/c1-11(2,13-10(14)15)9-5-3-8(7-12)4-6-9/h3-6,13H,1-2H3,(H,14,15). The first kappa shape index (κ1) is 11.1. The van der Waals surface area contributed by atoms with Crippen LogP contribution in [-0.2, 0) is 5.54 Å². The van der Waals surface area contributed by atoms with Crippen molar-refractivity contribution in [1.82, 2.24) is 5.32 Å². The van der Waals surface area contributed by atoms with E-state index in [9.17, 15) is 4.79 Å². The molecule has 15 heavy (non-hydrogen) atoms. The van der Waals surface area contributed by atoms with Gasteiger partial charge in [0.25, 0.3) is 0 Å². The number of rotatable bonds is 2. The number of benzene rings is 1. The Balaban J connectivity index is 2.95. The molecule has 0 heterocycles. The molecule has 0 aliphatic heterocycles. The first-order valence-electron chi connectivity index (χ1n) is 4.47. The molecular weight excluding hydrogens is 192 g/mol.